The molecule has 2 aromatic carbocycles. The lowest BCUT2D eigenvalue weighted by Gasteiger charge is -2.10. The third kappa shape index (κ3) is 3.01. The van der Waals surface area contributed by atoms with Crippen molar-refractivity contribution in [2.24, 2.45) is 0 Å². The first-order valence-electron chi connectivity index (χ1n) is 5.05. The van der Waals surface area contributed by atoms with Crippen LogP contribution in [0.25, 0.3) is 0 Å². The smallest absolute Gasteiger partial charge is 0.151 e. The van der Waals surface area contributed by atoms with Crippen LogP contribution in [-0.4, -0.2) is 0 Å². The fraction of sp³-hybridized carbons (Fsp3) is 0.0769. The Hall–Kier alpha value is -1.00. The van der Waals surface area contributed by atoms with Crippen LogP contribution in [0.1, 0.15) is 5.56 Å². The summed E-state index contributed by atoms with van der Waals surface area (Å²) >= 11 is 6.85. The van der Waals surface area contributed by atoms with E-state index in [0.717, 1.165) is 20.3 Å². The minimum Gasteiger partial charge on any atom is -0.455 e. The van der Waals surface area contributed by atoms with E-state index in [1.54, 1.807) is 0 Å². The molecular weight excluding hydrogens is 346 g/mol. The van der Waals surface area contributed by atoms with Gasteiger partial charge in [0.25, 0.3) is 0 Å². The number of aryl methyl sites for hydroxylation is 1. The van der Waals surface area contributed by atoms with Crippen molar-refractivity contribution >= 4 is 37.5 Å². The summed E-state index contributed by atoms with van der Waals surface area (Å²) in [5.74, 6) is 1.43. The molecule has 0 heterocycles. The fourth-order valence-corrected chi connectivity index (χ4v) is 1.99. The predicted molar refractivity (Wildman–Crippen MR) is 77.5 cm³/mol. The Kier molecular flexibility index (Phi) is 3.74. The number of nitrogens with two attached hydrogens (primary N) is 1. The number of benzene rings is 2. The van der Waals surface area contributed by atoms with E-state index < -0.39 is 0 Å². The molecule has 0 aliphatic heterocycles. The average Bonchev–Trinajstić information content (AvgIpc) is 2.29. The van der Waals surface area contributed by atoms with Gasteiger partial charge in [-0.25, -0.2) is 0 Å². The SMILES string of the molecule is Cc1cc(Oc2cc(Br)ccc2N)ccc1Br. The van der Waals surface area contributed by atoms with Gasteiger partial charge in [-0.2, -0.15) is 0 Å². The van der Waals surface area contributed by atoms with E-state index in [2.05, 4.69) is 31.9 Å². The Balaban J connectivity index is 2.31. The first-order valence-corrected chi connectivity index (χ1v) is 6.64. The van der Waals surface area contributed by atoms with Gasteiger partial charge in [-0.1, -0.05) is 31.9 Å². The van der Waals surface area contributed by atoms with Crippen LogP contribution in [0, 0.1) is 6.92 Å². The Morgan fingerprint density at radius 3 is 2.53 bits per heavy atom. The van der Waals surface area contributed by atoms with Gasteiger partial charge >= 0.3 is 0 Å². The van der Waals surface area contributed by atoms with Gasteiger partial charge in [-0.15, -0.1) is 0 Å². The molecule has 4 heteroatoms. The molecule has 0 radical (unpaired) electrons. The molecule has 2 aromatic rings. The second-order valence-electron chi connectivity index (χ2n) is 3.70. The summed E-state index contributed by atoms with van der Waals surface area (Å²) in [4.78, 5) is 0. The molecule has 0 saturated carbocycles. The molecule has 0 unspecified atom stereocenters. The maximum absolute atomic E-state index is 5.85. The third-order valence-electron chi connectivity index (χ3n) is 2.33. The van der Waals surface area contributed by atoms with Crippen molar-refractivity contribution in [2.45, 2.75) is 6.92 Å². The second kappa shape index (κ2) is 5.10. The van der Waals surface area contributed by atoms with Gasteiger partial charge in [0.2, 0.25) is 0 Å². The van der Waals surface area contributed by atoms with Crippen LogP contribution in [-0.2, 0) is 0 Å². The monoisotopic (exact) mass is 355 g/mol. The molecule has 0 spiro atoms. The number of halogens is 2. The predicted octanol–water partition coefficient (Wildman–Crippen LogP) is 4.89. The van der Waals surface area contributed by atoms with Crippen LogP contribution in [0.4, 0.5) is 5.69 Å². The van der Waals surface area contributed by atoms with E-state index in [1.807, 2.05) is 43.3 Å². The van der Waals surface area contributed by atoms with E-state index in [1.165, 1.54) is 0 Å². The molecule has 0 atom stereocenters. The van der Waals surface area contributed by atoms with Crippen molar-refractivity contribution < 1.29 is 4.74 Å². The molecule has 2 N–H and O–H groups in total. The summed E-state index contributed by atoms with van der Waals surface area (Å²) in [5.41, 5.74) is 7.59. The van der Waals surface area contributed by atoms with Crippen LogP contribution in [0.3, 0.4) is 0 Å². The molecule has 0 aromatic heterocycles. The highest BCUT2D eigenvalue weighted by atomic mass is 79.9. The van der Waals surface area contributed by atoms with Crippen molar-refractivity contribution in [1.29, 1.82) is 0 Å². The van der Waals surface area contributed by atoms with Gasteiger partial charge in [0.05, 0.1) is 5.69 Å². The summed E-state index contributed by atoms with van der Waals surface area (Å²) < 4.78 is 7.75. The molecule has 0 aliphatic rings. The minimum absolute atomic E-state index is 0.619. The van der Waals surface area contributed by atoms with E-state index >= 15 is 0 Å². The van der Waals surface area contributed by atoms with Crippen LogP contribution >= 0.6 is 31.9 Å². The van der Waals surface area contributed by atoms with Crippen molar-refractivity contribution in [3.63, 3.8) is 0 Å². The molecule has 2 rings (SSSR count). The minimum atomic E-state index is 0.619. The largest absolute Gasteiger partial charge is 0.455 e. The van der Waals surface area contributed by atoms with Crippen molar-refractivity contribution in [3.05, 3.63) is 50.9 Å². The zero-order valence-electron chi connectivity index (χ0n) is 9.21. The van der Waals surface area contributed by atoms with E-state index in [9.17, 15) is 0 Å². The summed E-state index contributed by atoms with van der Waals surface area (Å²) in [6, 6.07) is 11.4. The molecule has 0 amide bonds. The summed E-state index contributed by atoms with van der Waals surface area (Å²) in [6.07, 6.45) is 0. The summed E-state index contributed by atoms with van der Waals surface area (Å²) in [6.45, 7) is 2.02. The van der Waals surface area contributed by atoms with Gasteiger partial charge in [0.1, 0.15) is 5.75 Å². The molecule has 17 heavy (non-hydrogen) atoms. The fourth-order valence-electron chi connectivity index (χ4n) is 1.40. The number of ether oxygens (including phenoxy) is 1. The molecule has 0 fully saturated rings. The number of hydrogen-bond donors (Lipinski definition) is 1. The van der Waals surface area contributed by atoms with Gasteiger partial charge in [0, 0.05) is 8.95 Å². The second-order valence-corrected chi connectivity index (χ2v) is 5.47. The zero-order chi connectivity index (χ0) is 12.4. The van der Waals surface area contributed by atoms with Crippen LogP contribution in [0.2, 0.25) is 0 Å². The molecule has 0 saturated heterocycles. The van der Waals surface area contributed by atoms with Crippen LogP contribution in [0.5, 0.6) is 11.5 Å². The van der Waals surface area contributed by atoms with E-state index in [-0.39, 0.29) is 0 Å². The van der Waals surface area contributed by atoms with Gasteiger partial charge in [-0.05, 0) is 48.9 Å². The van der Waals surface area contributed by atoms with Crippen molar-refractivity contribution in [1.82, 2.24) is 0 Å². The maximum Gasteiger partial charge on any atom is 0.151 e. The quantitative estimate of drug-likeness (QED) is 0.777. The topological polar surface area (TPSA) is 35.2 Å². The van der Waals surface area contributed by atoms with E-state index in [4.69, 9.17) is 10.5 Å². The highest BCUT2D eigenvalue weighted by Crippen LogP contribution is 2.31. The molecule has 0 aliphatic carbocycles. The number of nitrogen functional groups attached to an aromatic ring is 1. The van der Waals surface area contributed by atoms with Gasteiger partial charge < -0.3 is 10.5 Å². The molecule has 88 valence electrons. The Morgan fingerprint density at radius 2 is 1.82 bits per heavy atom. The highest BCUT2D eigenvalue weighted by Gasteiger charge is 2.04. The first kappa shape index (κ1) is 12.5. The summed E-state index contributed by atoms with van der Waals surface area (Å²) in [7, 11) is 0. The zero-order valence-corrected chi connectivity index (χ0v) is 12.4. The lowest BCUT2D eigenvalue weighted by atomic mass is 10.2. The first-order chi connectivity index (χ1) is 8.06. The Bertz CT molecular complexity index is 555. The molecule has 2 nitrogen and oxygen atoms in total. The number of rotatable bonds is 2. The number of hydrogen-bond acceptors (Lipinski definition) is 2. The molecule has 0 bridgehead atoms. The lowest BCUT2D eigenvalue weighted by molar-refractivity contribution is 0.484. The summed E-state index contributed by atoms with van der Waals surface area (Å²) in [5, 5.41) is 0. The maximum atomic E-state index is 5.85. The lowest BCUT2D eigenvalue weighted by Crippen LogP contribution is -1.92. The third-order valence-corrected chi connectivity index (χ3v) is 3.72. The van der Waals surface area contributed by atoms with Crippen LogP contribution < -0.4 is 10.5 Å². The highest BCUT2D eigenvalue weighted by molar-refractivity contribution is 9.10. The normalized spacial score (nSPS) is 10.3. The number of anilines is 1. The Morgan fingerprint density at radius 1 is 1.06 bits per heavy atom. The average molecular weight is 357 g/mol. The van der Waals surface area contributed by atoms with Crippen molar-refractivity contribution in [2.75, 3.05) is 5.73 Å². The van der Waals surface area contributed by atoms with Gasteiger partial charge in [-0.3, -0.25) is 0 Å². The Labute approximate surface area is 117 Å². The van der Waals surface area contributed by atoms with Crippen molar-refractivity contribution in [3.8, 4) is 11.5 Å². The van der Waals surface area contributed by atoms with Gasteiger partial charge in [0.15, 0.2) is 5.75 Å². The van der Waals surface area contributed by atoms with E-state index in [0.29, 0.717) is 11.4 Å². The van der Waals surface area contributed by atoms with Crippen LogP contribution in [0.15, 0.2) is 45.3 Å². The standard InChI is InChI=1S/C13H11Br2NO/c1-8-6-10(3-4-11(8)15)17-13-7-9(14)2-5-12(13)16/h2-7H,16H2,1H3. The molecular formula is C13H11Br2NO.